The Morgan fingerprint density at radius 3 is 2.84 bits per heavy atom. The average molecular weight is 264 g/mol. The lowest BCUT2D eigenvalue weighted by molar-refractivity contribution is 0.0942. The molecule has 0 spiro atoms. The van der Waals surface area contributed by atoms with E-state index in [1.165, 1.54) is 12.1 Å². The number of nitrogens with zero attached hydrogens (tertiary/aromatic N) is 2. The molecule has 6 nitrogen and oxygen atoms in total. The Hall–Kier alpha value is -2.44. The number of benzene rings is 1. The van der Waals surface area contributed by atoms with Gasteiger partial charge < -0.3 is 15.6 Å². The first-order chi connectivity index (χ1) is 8.97. The number of carbonyl (C=O) groups is 1. The Morgan fingerprint density at radius 2 is 2.21 bits per heavy atom. The number of halogens is 1. The van der Waals surface area contributed by atoms with Crippen molar-refractivity contribution in [1.82, 2.24) is 15.5 Å². The Morgan fingerprint density at radius 1 is 1.47 bits per heavy atom. The summed E-state index contributed by atoms with van der Waals surface area (Å²) >= 11 is 0. The first-order valence-electron chi connectivity index (χ1n) is 5.60. The molecule has 1 amide bonds. The van der Waals surface area contributed by atoms with Gasteiger partial charge in [-0.25, -0.2) is 4.39 Å². The van der Waals surface area contributed by atoms with Crippen LogP contribution in [0.3, 0.4) is 0 Å². The van der Waals surface area contributed by atoms with E-state index in [0.717, 1.165) is 0 Å². The maximum Gasteiger partial charge on any atom is 0.254 e. The van der Waals surface area contributed by atoms with E-state index in [4.69, 9.17) is 10.3 Å². The summed E-state index contributed by atoms with van der Waals surface area (Å²) in [5.74, 6) is -0.445. The number of nitrogens with two attached hydrogens (primary N) is 1. The third-order valence-electron chi connectivity index (χ3n) is 2.49. The van der Waals surface area contributed by atoms with Crippen LogP contribution in [0.15, 0.2) is 16.7 Å². The topological polar surface area (TPSA) is 94.0 Å². The van der Waals surface area contributed by atoms with Gasteiger partial charge in [0.2, 0.25) is 5.89 Å². The van der Waals surface area contributed by atoms with Crippen molar-refractivity contribution in [3.8, 4) is 0 Å². The van der Waals surface area contributed by atoms with E-state index in [9.17, 15) is 9.18 Å². The van der Waals surface area contributed by atoms with Gasteiger partial charge in [0.15, 0.2) is 5.82 Å². The molecule has 0 unspecified atom stereocenters. The number of aryl methyl sites for hydroxylation is 2. The molecule has 0 saturated heterocycles. The van der Waals surface area contributed by atoms with Gasteiger partial charge >= 0.3 is 0 Å². The molecular weight excluding hydrogens is 251 g/mol. The number of amides is 1. The summed E-state index contributed by atoms with van der Waals surface area (Å²) in [5, 5.41) is 6.07. The van der Waals surface area contributed by atoms with E-state index in [0.29, 0.717) is 17.1 Å². The second kappa shape index (κ2) is 5.05. The predicted octanol–water partition coefficient (Wildman–Crippen LogP) is 1.34. The van der Waals surface area contributed by atoms with Gasteiger partial charge in [0.05, 0.1) is 12.1 Å². The Balaban J connectivity index is 2.12. The summed E-state index contributed by atoms with van der Waals surface area (Å²) in [4.78, 5) is 15.8. The molecule has 0 aliphatic heterocycles. The minimum Gasteiger partial charge on any atom is -0.399 e. The maximum absolute atomic E-state index is 13.8. The van der Waals surface area contributed by atoms with Crippen LogP contribution in [0.4, 0.5) is 10.1 Å². The van der Waals surface area contributed by atoms with Crippen LogP contribution in [0.2, 0.25) is 0 Å². The molecule has 0 bridgehead atoms. The SMILES string of the molecule is Cc1noc(CNC(=O)c2cc(N)cc(C)c2F)n1. The van der Waals surface area contributed by atoms with Crippen LogP contribution in [0, 0.1) is 19.7 Å². The molecule has 1 aromatic carbocycles. The molecule has 0 atom stereocenters. The van der Waals surface area contributed by atoms with Gasteiger partial charge in [0, 0.05) is 5.69 Å². The highest BCUT2D eigenvalue weighted by Crippen LogP contribution is 2.17. The lowest BCUT2D eigenvalue weighted by Gasteiger charge is -2.07. The highest BCUT2D eigenvalue weighted by molar-refractivity contribution is 5.95. The van der Waals surface area contributed by atoms with E-state index in [1.807, 2.05) is 0 Å². The number of aromatic nitrogens is 2. The predicted molar refractivity (Wildman–Crippen MR) is 65.8 cm³/mol. The number of rotatable bonds is 3. The van der Waals surface area contributed by atoms with Crippen molar-refractivity contribution in [2.24, 2.45) is 0 Å². The Kier molecular flexibility index (Phi) is 3.46. The lowest BCUT2D eigenvalue weighted by Crippen LogP contribution is -2.24. The number of hydrogen-bond acceptors (Lipinski definition) is 5. The molecule has 100 valence electrons. The van der Waals surface area contributed by atoms with Crippen molar-refractivity contribution in [3.05, 3.63) is 40.8 Å². The van der Waals surface area contributed by atoms with Crippen molar-refractivity contribution in [2.75, 3.05) is 5.73 Å². The van der Waals surface area contributed by atoms with E-state index < -0.39 is 11.7 Å². The van der Waals surface area contributed by atoms with Crippen molar-refractivity contribution in [1.29, 1.82) is 0 Å². The molecule has 19 heavy (non-hydrogen) atoms. The highest BCUT2D eigenvalue weighted by Gasteiger charge is 2.15. The van der Waals surface area contributed by atoms with E-state index in [-0.39, 0.29) is 18.0 Å². The van der Waals surface area contributed by atoms with E-state index in [2.05, 4.69) is 15.5 Å². The van der Waals surface area contributed by atoms with Gasteiger partial charge in [-0.1, -0.05) is 5.16 Å². The normalized spacial score (nSPS) is 10.5. The van der Waals surface area contributed by atoms with Gasteiger partial charge in [-0.2, -0.15) is 4.98 Å². The monoisotopic (exact) mass is 264 g/mol. The van der Waals surface area contributed by atoms with Crippen LogP contribution >= 0.6 is 0 Å². The zero-order chi connectivity index (χ0) is 14.0. The standard InChI is InChI=1S/C12H13FN4O2/c1-6-3-8(14)4-9(11(6)13)12(18)15-5-10-16-7(2)17-19-10/h3-4H,5,14H2,1-2H3,(H,15,18). The van der Waals surface area contributed by atoms with Gasteiger partial charge in [0.1, 0.15) is 5.82 Å². The molecule has 0 fully saturated rings. The molecule has 0 aliphatic rings. The zero-order valence-electron chi connectivity index (χ0n) is 10.5. The summed E-state index contributed by atoms with van der Waals surface area (Å²) in [5.41, 5.74) is 6.14. The molecule has 0 saturated carbocycles. The first-order valence-corrected chi connectivity index (χ1v) is 5.60. The smallest absolute Gasteiger partial charge is 0.254 e. The van der Waals surface area contributed by atoms with Crippen LogP contribution in [-0.4, -0.2) is 16.0 Å². The summed E-state index contributed by atoms with van der Waals surface area (Å²) in [7, 11) is 0. The molecule has 0 radical (unpaired) electrons. The van der Waals surface area contributed by atoms with Crippen molar-refractivity contribution in [3.63, 3.8) is 0 Å². The van der Waals surface area contributed by atoms with Gasteiger partial charge in [-0.05, 0) is 31.5 Å². The molecule has 2 aromatic rings. The second-order valence-corrected chi connectivity index (χ2v) is 4.12. The minimum absolute atomic E-state index is 0.0347. The fraction of sp³-hybridized carbons (Fsp3) is 0.250. The Bertz CT molecular complexity index is 624. The van der Waals surface area contributed by atoms with Crippen molar-refractivity contribution >= 4 is 11.6 Å². The largest absolute Gasteiger partial charge is 0.399 e. The van der Waals surface area contributed by atoms with Crippen LogP contribution in [-0.2, 0) is 6.54 Å². The van der Waals surface area contributed by atoms with Crippen LogP contribution in [0.25, 0.3) is 0 Å². The van der Waals surface area contributed by atoms with Crippen molar-refractivity contribution in [2.45, 2.75) is 20.4 Å². The van der Waals surface area contributed by atoms with Gasteiger partial charge in [0.25, 0.3) is 5.91 Å². The molecule has 2 rings (SSSR count). The van der Waals surface area contributed by atoms with Crippen LogP contribution < -0.4 is 11.1 Å². The number of carbonyl (C=O) groups excluding carboxylic acids is 1. The fourth-order valence-electron chi connectivity index (χ4n) is 1.63. The molecule has 0 aliphatic carbocycles. The third kappa shape index (κ3) is 2.87. The number of hydrogen-bond donors (Lipinski definition) is 2. The molecule has 3 N–H and O–H groups in total. The summed E-state index contributed by atoms with van der Waals surface area (Å²) in [6.07, 6.45) is 0. The van der Waals surface area contributed by atoms with E-state index >= 15 is 0 Å². The Labute approximate surface area is 108 Å². The molecular formula is C12H13FN4O2. The highest BCUT2D eigenvalue weighted by atomic mass is 19.1. The number of nitrogen functional groups attached to an aromatic ring is 1. The maximum atomic E-state index is 13.8. The zero-order valence-corrected chi connectivity index (χ0v) is 10.5. The lowest BCUT2D eigenvalue weighted by atomic mass is 10.1. The quantitative estimate of drug-likeness (QED) is 0.816. The molecule has 1 heterocycles. The second-order valence-electron chi connectivity index (χ2n) is 4.12. The number of anilines is 1. The van der Waals surface area contributed by atoms with E-state index in [1.54, 1.807) is 13.8 Å². The number of nitrogens with one attached hydrogen (secondary N) is 1. The summed E-state index contributed by atoms with van der Waals surface area (Å²) in [6, 6.07) is 2.75. The minimum atomic E-state index is -0.589. The van der Waals surface area contributed by atoms with Gasteiger partial charge in [-0.3, -0.25) is 4.79 Å². The average Bonchev–Trinajstić information content (AvgIpc) is 2.76. The van der Waals surface area contributed by atoms with Gasteiger partial charge in [-0.15, -0.1) is 0 Å². The third-order valence-corrected chi connectivity index (χ3v) is 2.49. The fourth-order valence-corrected chi connectivity index (χ4v) is 1.63. The summed E-state index contributed by atoms with van der Waals surface area (Å²) in [6.45, 7) is 3.24. The summed E-state index contributed by atoms with van der Waals surface area (Å²) < 4.78 is 18.6. The first kappa shape index (κ1) is 13.0. The van der Waals surface area contributed by atoms with Crippen molar-refractivity contribution < 1.29 is 13.7 Å². The van der Waals surface area contributed by atoms with Crippen LogP contribution in [0.1, 0.15) is 27.6 Å². The molecule has 7 heteroatoms. The van der Waals surface area contributed by atoms with Crippen LogP contribution in [0.5, 0.6) is 0 Å². The molecule has 1 aromatic heterocycles.